The summed E-state index contributed by atoms with van der Waals surface area (Å²) in [5, 5.41) is 0.218. The van der Waals surface area contributed by atoms with Crippen LogP contribution in [0.3, 0.4) is 0 Å². The third-order valence-corrected chi connectivity index (χ3v) is 5.22. The first-order valence-corrected chi connectivity index (χ1v) is 7.56. The Hall–Kier alpha value is -1.02. The van der Waals surface area contributed by atoms with Crippen molar-refractivity contribution >= 4 is 17.5 Å². The van der Waals surface area contributed by atoms with Crippen LogP contribution in [0.25, 0.3) is 0 Å². The van der Waals surface area contributed by atoms with Gasteiger partial charge in [0.2, 0.25) is 5.91 Å². The average molecular weight is 278 g/mol. The number of alkyl halides is 1. The molecule has 2 nitrogen and oxygen atoms in total. The number of amides is 1. The van der Waals surface area contributed by atoms with E-state index in [0.717, 1.165) is 32.4 Å². The number of benzene rings is 1. The molecular formula is C16H20ClNO. The first-order valence-electron chi connectivity index (χ1n) is 7.12. The Labute approximate surface area is 119 Å². The van der Waals surface area contributed by atoms with E-state index in [1.165, 1.54) is 5.56 Å². The van der Waals surface area contributed by atoms with Gasteiger partial charge in [-0.25, -0.2) is 0 Å². The summed E-state index contributed by atoms with van der Waals surface area (Å²) in [4.78, 5) is 14.8. The van der Waals surface area contributed by atoms with Gasteiger partial charge in [-0.3, -0.25) is 4.79 Å². The molecule has 2 unspecified atom stereocenters. The zero-order valence-electron chi connectivity index (χ0n) is 11.3. The van der Waals surface area contributed by atoms with Crippen LogP contribution < -0.4 is 0 Å². The molecule has 2 fully saturated rings. The minimum absolute atomic E-state index is 0.218. The summed E-state index contributed by atoms with van der Waals surface area (Å²) in [6, 6.07) is 10.2. The summed E-state index contributed by atoms with van der Waals surface area (Å²) in [6.07, 6.45) is 2.90. The van der Waals surface area contributed by atoms with Crippen LogP contribution >= 0.6 is 11.6 Å². The molecule has 19 heavy (non-hydrogen) atoms. The minimum atomic E-state index is -0.222. The van der Waals surface area contributed by atoms with E-state index in [4.69, 9.17) is 11.6 Å². The van der Waals surface area contributed by atoms with Crippen molar-refractivity contribution in [1.82, 2.24) is 4.90 Å². The Morgan fingerprint density at radius 3 is 2.58 bits per heavy atom. The maximum Gasteiger partial charge on any atom is 0.233 e. The van der Waals surface area contributed by atoms with Gasteiger partial charge < -0.3 is 4.90 Å². The molecule has 2 atom stereocenters. The molecule has 0 spiro atoms. The van der Waals surface area contributed by atoms with Crippen LogP contribution in [0, 0.1) is 5.92 Å². The van der Waals surface area contributed by atoms with Crippen molar-refractivity contribution in [3.8, 4) is 0 Å². The van der Waals surface area contributed by atoms with Crippen molar-refractivity contribution < 1.29 is 4.79 Å². The monoisotopic (exact) mass is 277 g/mol. The summed E-state index contributed by atoms with van der Waals surface area (Å²) in [7, 11) is 0. The van der Waals surface area contributed by atoms with E-state index in [1.807, 2.05) is 23.1 Å². The number of hydrogen-bond acceptors (Lipinski definition) is 1. The van der Waals surface area contributed by atoms with Gasteiger partial charge in [0.05, 0.1) is 5.41 Å². The van der Waals surface area contributed by atoms with E-state index >= 15 is 0 Å². The van der Waals surface area contributed by atoms with Crippen molar-refractivity contribution in [2.45, 2.75) is 37.0 Å². The van der Waals surface area contributed by atoms with E-state index < -0.39 is 0 Å². The van der Waals surface area contributed by atoms with E-state index in [0.29, 0.717) is 11.8 Å². The predicted molar refractivity (Wildman–Crippen MR) is 77.4 cm³/mol. The van der Waals surface area contributed by atoms with E-state index in [-0.39, 0.29) is 10.8 Å². The van der Waals surface area contributed by atoms with E-state index in [2.05, 4.69) is 19.1 Å². The molecule has 3 heteroatoms. The van der Waals surface area contributed by atoms with Crippen LogP contribution in [0.5, 0.6) is 0 Å². The van der Waals surface area contributed by atoms with Gasteiger partial charge in [-0.15, -0.1) is 11.6 Å². The first kappa shape index (κ1) is 13.0. The molecular weight excluding hydrogens is 258 g/mol. The molecule has 1 aromatic carbocycles. The lowest BCUT2D eigenvalue weighted by atomic mass is 9.92. The smallest absolute Gasteiger partial charge is 0.233 e. The van der Waals surface area contributed by atoms with Crippen molar-refractivity contribution in [3.05, 3.63) is 35.9 Å². The SMILES string of the molecule is CC1CN(C(=O)C2(c3ccccc3)CC2)CCC1Cl. The number of likely N-dealkylation sites (tertiary alicyclic amines) is 1. The predicted octanol–water partition coefficient (Wildman–Crippen LogP) is 3.19. The van der Waals surface area contributed by atoms with Gasteiger partial charge in [-0.1, -0.05) is 37.3 Å². The molecule has 0 aromatic heterocycles. The molecule has 1 aliphatic carbocycles. The van der Waals surface area contributed by atoms with Crippen molar-refractivity contribution in [2.75, 3.05) is 13.1 Å². The number of hydrogen-bond donors (Lipinski definition) is 0. The lowest BCUT2D eigenvalue weighted by Crippen LogP contribution is -2.47. The second-order valence-corrected chi connectivity index (χ2v) is 6.54. The summed E-state index contributed by atoms with van der Waals surface area (Å²) >= 11 is 6.25. The molecule has 0 N–H and O–H groups in total. The van der Waals surface area contributed by atoms with E-state index in [9.17, 15) is 4.79 Å². The highest BCUT2D eigenvalue weighted by Gasteiger charge is 2.53. The van der Waals surface area contributed by atoms with Gasteiger partial charge in [0, 0.05) is 18.5 Å². The van der Waals surface area contributed by atoms with Crippen LogP contribution in [-0.4, -0.2) is 29.3 Å². The summed E-state index contributed by atoms with van der Waals surface area (Å²) in [5.41, 5.74) is 0.959. The Kier molecular flexibility index (Phi) is 3.30. The fourth-order valence-corrected chi connectivity index (χ4v) is 3.29. The molecule has 1 saturated carbocycles. The van der Waals surface area contributed by atoms with E-state index in [1.54, 1.807) is 0 Å². The van der Waals surface area contributed by atoms with Gasteiger partial charge >= 0.3 is 0 Å². The van der Waals surface area contributed by atoms with Gasteiger partial charge in [0.15, 0.2) is 0 Å². The standard InChI is InChI=1S/C16H20ClNO/c1-12-11-18(10-7-14(12)17)15(19)16(8-9-16)13-5-3-2-4-6-13/h2-6,12,14H,7-11H2,1H3. The molecule has 0 radical (unpaired) electrons. The van der Waals surface area contributed by atoms with Gasteiger partial charge in [0.1, 0.15) is 0 Å². The summed E-state index contributed by atoms with van der Waals surface area (Å²) < 4.78 is 0. The summed E-state index contributed by atoms with van der Waals surface area (Å²) in [5.74, 6) is 0.708. The van der Waals surface area contributed by atoms with Gasteiger partial charge in [-0.05, 0) is 30.7 Å². The molecule has 3 rings (SSSR count). The highest BCUT2D eigenvalue weighted by Crippen LogP contribution is 2.50. The number of piperidine rings is 1. The number of rotatable bonds is 2. The molecule has 1 saturated heterocycles. The molecule has 1 amide bonds. The molecule has 2 aliphatic rings. The number of nitrogens with zero attached hydrogens (tertiary/aromatic N) is 1. The van der Waals surface area contributed by atoms with Gasteiger partial charge in [-0.2, -0.15) is 0 Å². The maximum absolute atomic E-state index is 12.8. The zero-order chi connectivity index (χ0) is 13.5. The fourth-order valence-electron chi connectivity index (χ4n) is 3.11. The molecule has 0 bridgehead atoms. The highest BCUT2D eigenvalue weighted by atomic mass is 35.5. The number of carbonyl (C=O) groups is 1. The Morgan fingerprint density at radius 1 is 1.32 bits per heavy atom. The fraction of sp³-hybridized carbons (Fsp3) is 0.562. The highest BCUT2D eigenvalue weighted by molar-refractivity contribution is 6.20. The quantitative estimate of drug-likeness (QED) is 0.760. The van der Waals surface area contributed by atoms with Crippen LogP contribution in [0.4, 0.5) is 0 Å². The topological polar surface area (TPSA) is 20.3 Å². The molecule has 1 heterocycles. The lowest BCUT2D eigenvalue weighted by molar-refractivity contribution is -0.135. The molecule has 1 aromatic rings. The second kappa shape index (κ2) is 4.82. The Balaban J connectivity index is 1.78. The first-order chi connectivity index (χ1) is 9.13. The third kappa shape index (κ3) is 2.27. The molecule has 102 valence electrons. The van der Waals surface area contributed by atoms with Crippen LogP contribution in [0.15, 0.2) is 30.3 Å². The molecule has 1 aliphatic heterocycles. The Morgan fingerprint density at radius 2 is 2.00 bits per heavy atom. The number of halogens is 1. The lowest BCUT2D eigenvalue weighted by Gasteiger charge is -2.36. The average Bonchev–Trinajstić information content (AvgIpc) is 3.24. The third-order valence-electron chi connectivity index (χ3n) is 4.57. The largest absolute Gasteiger partial charge is 0.342 e. The maximum atomic E-state index is 12.8. The second-order valence-electron chi connectivity index (χ2n) is 5.98. The van der Waals surface area contributed by atoms with Gasteiger partial charge in [0.25, 0.3) is 0 Å². The zero-order valence-corrected chi connectivity index (χ0v) is 12.1. The van der Waals surface area contributed by atoms with Crippen LogP contribution in [-0.2, 0) is 10.2 Å². The Bertz CT molecular complexity index is 469. The van der Waals surface area contributed by atoms with Crippen LogP contribution in [0.2, 0.25) is 0 Å². The summed E-state index contributed by atoms with van der Waals surface area (Å²) in [6.45, 7) is 3.76. The minimum Gasteiger partial charge on any atom is -0.342 e. The normalized spacial score (nSPS) is 29.1. The van der Waals surface area contributed by atoms with Crippen molar-refractivity contribution in [1.29, 1.82) is 0 Å². The van der Waals surface area contributed by atoms with Crippen molar-refractivity contribution in [2.24, 2.45) is 5.92 Å². The van der Waals surface area contributed by atoms with Crippen LogP contribution in [0.1, 0.15) is 31.7 Å². The van der Waals surface area contributed by atoms with Crippen molar-refractivity contribution in [3.63, 3.8) is 0 Å². The number of carbonyl (C=O) groups excluding carboxylic acids is 1.